The highest BCUT2D eigenvalue weighted by molar-refractivity contribution is 7.99. The summed E-state index contributed by atoms with van der Waals surface area (Å²) in [7, 11) is 4.50. The van der Waals surface area contributed by atoms with Gasteiger partial charge in [0.05, 0.1) is 32.5 Å². The number of nitrogens with one attached hydrogen (secondary N) is 1. The van der Waals surface area contributed by atoms with E-state index in [1.807, 2.05) is 25.1 Å². The Morgan fingerprint density at radius 3 is 2.30 bits per heavy atom. The molecule has 2 aliphatic rings. The minimum Gasteiger partial charge on any atom is -0.493 e. The molecule has 0 unspecified atom stereocenters. The standard InChI is InChI=1S/C31H35NO7S/c1-6-40-14-13-39-31(35)27-18(2)32-23-15-22(21-11-12-25(36-3)26(17-21)37-4)16-24(33)29(23)28(27)19-7-9-20(10-8-19)30(34)38-5/h7-12,17,22,28,32H,6,13-16H2,1-5H3/t22-,28-/m1/s1. The van der Waals surface area contributed by atoms with Gasteiger partial charge in [-0.2, -0.15) is 11.8 Å². The smallest absolute Gasteiger partial charge is 0.337 e. The van der Waals surface area contributed by atoms with Crippen molar-refractivity contribution in [3.8, 4) is 11.5 Å². The summed E-state index contributed by atoms with van der Waals surface area (Å²) in [6.45, 7) is 4.17. The number of methoxy groups -OCH3 is 3. The van der Waals surface area contributed by atoms with Gasteiger partial charge in [0.15, 0.2) is 17.3 Å². The maximum atomic E-state index is 13.9. The van der Waals surface area contributed by atoms with E-state index in [2.05, 4.69) is 12.2 Å². The first-order valence-electron chi connectivity index (χ1n) is 13.2. The van der Waals surface area contributed by atoms with Crippen molar-refractivity contribution >= 4 is 29.5 Å². The van der Waals surface area contributed by atoms with Crippen LogP contribution in [0.15, 0.2) is 65.0 Å². The maximum absolute atomic E-state index is 13.9. The molecule has 1 aliphatic carbocycles. The summed E-state index contributed by atoms with van der Waals surface area (Å²) in [6.07, 6.45) is 0.862. The lowest BCUT2D eigenvalue weighted by molar-refractivity contribution is -0.138. The number of benzene rings is 2. The summed E-state index contributed by atoms with van der Waals surface area (Å²) in [4.78, 5) is 39.3. The lowest BCUT2D eigenvalue weighted by atomic mass is 9.71. The second-order valence-electron chi connectivity index (χ2n) is 9.58. The lowest BCUT2D eigenvalue weighted by Crippen LogP contribution is -2.36. The number of hydrogen-bond acceptors (Lipinski definition) is 9. The molecule has 0 aromatic heterocycles. The molecule has 1 heterocycles. The van der Waals surface area contributed by atoms with Gasteiger partial charge >= 0.3 is 11.9 Å². The summed E-state index contributed by atoms with van der Waals surface area (Å²) in [6, 6.07) is 12.6. The third kappa shape index (κ3) is 6.04. The van der Waals surface area contributed by atoms with Crippen molar-refractivity contribution in [1.29, 1.82) is 0 Å². The number of carbonyl (C=O) groups excluding carboxylic acids is 3. The number of ketones is 1. The first kappa shape index (κ1) is 29.3. The van der Waals surface area contributed by atoms with Crippen molar-refractivity contribution in [2.24, 2.45) is 0 Å². The fourth-order valence-corrected chi connectivity index (χ4v) is 5.82. The molecule has 8 nitrogen and oxygen atoms in total. The van der Waals surface area contributed by atoms with Crippen molar-refractivity contribution in [1.82, 2.24) is 5.32 Å². The van der Waals surface area contributed by atoms with Gasteiger partial charge in [-0.1, -0.05) is 25.1 Å². The summed E-state index contributed by atoms with van der Waals surface area (Å²) in [5.74, 6) is 1.21. The monoisotopic (exact) mass is 565 g/mol. The predicted molar refractivity (Wildman–Crippen MR) is 154 cm³/mol. The Balaban J connectivity index is 1.72. The van der Waals surface area contributed by atoms with Crippen molar-refractivity contribution in [3.05, 3.63) is 81.7 Å². The first-order chi connectivity index (χ1) is 19.3. The van der Waals surface area contributed by atoms with Crippen LogP contribution < -0.4 is 14.8 Å². The highest BCUT2D eigenvalue weighted by atomic mass is 32.2. The molecule has 212 valence electrons. The van der Waals surface area contributed by atoms with Crippen molar-refractivity contribution in [2.75, 3.05) is 39.4 Å². The minimum atomic E-state index is -0.617. The predicted octanol–water partition coefficient (Wildman–Crippen LogP) is 5.15. The number of hydrogen-bond donors (Lipinski definition) is 1. The van der Waals surface area contributed by atoms with Crippen LogP contribution in [-0.2, 0) is 19.1 Å². The molecule has 40 heavy (non-hydrogen) atoms. The molecule has 0 spiro atoms. The number of allylic oxidation sites excluding steroid dienone is 3. The van der Waals surface area contributed by atoms with Crippen LogP contribution in [0.5, 0.6) is 11.5 Å². The van der Waals surface area contributed by atoms with Gasteiger partial charge in [0.25, 0.3) is 0 Å². The van der Waals surface area contributed by atoms with Gasteiger partial charge in [-0.3, -0.25) is 4.79 Å². The van der Waals surface area contributed by atoms with E-state index in [9.17, 15) is 14.4 Å². The summed E-state index contributed by atoms with van der Waals surface area (Å²) in [5, 5.41) is 3.37. The number of Topliss-reactive ketones (excluding diaryl/α,β-unsaturated/α-hetero) is 1. The van der Waals surface area contributed by atoms with Gasteiger partial charge in [0.1, 0.15) is 6.61 Å². The molecular weight excluding hydrogens is 530 g/mol. The molecule has 1 N–H and O–H groups in total. The third-order valence-corrected chi connectivity index (χ3v) is 8.12. The number of dihydropyridines is 1. The van der Waals surface area contributed by atoms with Crippen molar-refractivity contribution in [3.63, 3.8) is 0 Å². The van der Waals surface area contributed by atoms with Gasteiger partial charge < -0.3 is 24.3 Å². The number of carbonyl (C=O) groups is 3. The van der Waals surface area contributed by atoms with Crippen LogP contribution >= 0.6 is 11.8 Å². The van der Waals surface area contributed by atoms with E-state index in [1.165, 1.54) is 7.11 Å². The third-order valence-electron chi connectivity index (χ3n) is 7.26. The van der Waals surface area contributed by atoms with E-state index < -0.39 is 17.9 Å². The van der Waals surface area contributed by atoms with E-state index in [1.54, 1.807) is 50.2 Å². The molecule has 2 aromatic carbocycles. The van der Waals surface area contributed by atoms with Crippen LogP contribution in [0.2, 0.25) is 0 Å². The summed E-state index contributed by atoms with van der Waals surface area (Å²) in [5.41, 5.74) is 4.49. The second-order valence-corrected chi connectivity index (χ2v) is 11.0. The maximum Gasteiger partial charge on any atom is 0.337 e. The molecule has 1 aliphatic heterocycles. The SMILES string of the molecule is CCSCCOC(=O)C1=C(C)NC2=C(C(=O)C[C@H](c3ccc(OC)c(OC)c3)C2)[C@@H]1c1ccc(C(=O)OC)cc1. The number of thioether (sulfide) groups is 1. The Kier molecular flexibility index (Phi) is 9.58. The van der Waals surface area contributed by atoms with Crippen LogP contribution in [0.25, 0.3) is 0 Å². The average molecular weight is 566 g/mol. The minimum absolute atomic E-state index is 0.0464. The molecule has 0 fully saturated rings. The Hall–Kier alpha value is -3.72. The van der Waals surface area contributed by atoms with Gasteiger partial charge in [-0.15, -0.1) is 0 Å². The number of esters is 2. The van der Waals surface area contributed by atoms with E-state index in [4.69, 9.17) is 18.9 Å². The molecule has 0 saturated carbocycles. The van der Waals surface area contributed by atoms with E-state index in [-0.39, 0.29) is 24.7 Å². The molecule has 0 bridgehead atoms. The Morgan fingerprint density at radius 2 is 1.65 bits per heavy atom. The molecule has 0 radical (unpaired) electrons. The number of rotatable bonds is 10. The van der Waals surface area contributed by atoms with E-state index in [0.717, 1.165) is 22.6 Å². The molecule has 0 saturated heterocycles. The Bertz CT molecular complexity index is 1350. The molecular formula is C31H35NO7S. The quantitative estimate of drug-likeness (QED) is 0.310. The highest BCUT2D eigenvalue weighted by Crippen LogP contribution is 2.46. The lowest BCUT2D eigenvalue weighted by Gasteiger charge is -2.36. The molecule has 9 heteroatoms. The summed E-state index contributed by atoms with van der Waals surface area (Å²) >= 11 is 1.69. The topological polar surface area (TPSA) is 100 Å². The average Bonchev–Trinajstić information content (AvgIpc) is 2.97. The zero-order chi connectivity index (χ0) is 28.8. The molecule has 0 amide bonds. The Labute approximate surface area is 239 Å². The van der Waals surface area contributed by atoms with Gasteiger partial charge in [0.2, 0.25) is 0 Å². The largest absolute Gasteiger partial charge is 0.493 e. The second kappa shape index (κ2) is 13.1. The summed E-state index contributed by atoms with van der Waals surface area (Å²) < 4.78 is 21.3. The van der Waals surface area contributed by atoms with Gasteiger partial charge in [0, 0.05) is 35.1 Å². The zero-order valence-electron chi connectivity index (χ0n) is 23.5. The van der Waals surface area contributed by atoms with Gasteiger partial charge in [-0.25, -0.2) is 9.59 Å². The first-order valence-corrected chi connectivity index (χ1v) is 14.4. The van der Waals surface area contributed by atoms with Crippen molar-refractivity contribution < 1.29 is 33.3 Å². The Morgan fingerprint density at radius 1 is 0.950 bits per heavy atom. The van der Waals surface area contributed by atoms with E-state index >= 15 is 0 Å². The van der Waals surface area contributed by atoms with Crippen LogP contribution in [0.3, 0.4) is 0 Å². The fraction of sp³-hybridized carbons (Fsp3) is 0.387. The van der Waals surface area contributed by atoms with Crippen LogP contribution in [0.4, 0.5) is 0 Å². The molecule has 2 aromatic rings. The van der Waals surface area contributed by atoms with E-state index in [0.29, 0.717) is 46.1 Å². The number of ether oxygens (including phenoxy) is 4. The van der Waals surface area contributed by atoms with Crippen LogP contribution in [0.1, 0.15) is 60.0 Å². The van der Waals surface area contributed by atoms with Gasteiger partial charge in [-0.05, 0) is 60.4 Å². The molecule has 4 rings (SSSR count). The molecule has 2 atom stereocenters. The highest BCUT2D eigenvalue weighted by Gasteiger charge is 2.41. The zero-order valence-corrected chi connectivity index (χ0v) is 24.3. The van der Waals surface area contributed by atoms with Crippen molar-refractivity contribution in [2.45, 2.75) is 38.5 Å². The normalized spacial score (nSPS) is 18.6. The fourth-order valence-electron chi connectivity index (χ4n) is 5.33. The van der Waals surface area contributed by atoms with Crippen LogP contribution in [-0.4, -0.2) is 57.2 Å². The van der Waals surface area contributed by atoms with Crippen LogP contribution in [0, 0.1) is 0 Å².